The molecule has 2 aliphatic rings. The maximum Gasteiger partial charge on any atom is 0.240 e. The number of hydrogen-bond acceptors (Lipinski definition) is 5. The van der Waals surface area contributed by atoms with Crippen LogP contribution in [0.2, 0.25) is 0 Å². The highest BCUT2D eigenvalue weighted by Crippen LogP contribution is 2.43. The van der Waals surface area contributed by atoms with Crippen LogP contribution in [0.4, 0.5) is 11.6 Å². The topological polar surface area (TPSA) is 54.3 Å². The Labute approximate surface area is 171 Å². The van der Waals surface area contributed by atoms with E-state index < -0.39 is 0 Å². The summed E-state index contributed by atoms with van der Waals surface area (Å²) in [6.45, 7) is 6.32. The number of anilines is 2. The van der Waals surface area contributed by atoms with Crippen molar-refractivity contribution in [2.45, 2.75) is 56.0 Å². The molecule has 2 fully saturated rings. The maximum atomic E-state index is 13.3. The van der Waals surface area contributed by atoms with E-state index in [9.17, 15) is 4.79 Å². The molecule has 1 saturated carbocycles. The van der Waals surface area contributed by atoms with Crippen LogP contribution in [0.15, 0.2) is 35.5 Å². The highest BCUT2D eigenvalue weighted by atomic mass is 32.2. The number of thioether (sulfide) groups is 1. The fourth-order valence-corrected chi connectivity index (χ4v) is 4.88. The largest absolute Gasteiger partial charge is 0.341 e. The average Bonchev–Trinajstić information content (AvgIpc) is 3.23. The summed E-state index contributed by atoms with van der Waals surface area (Å²) >= 11 is 1.57. The first-order valence-electron chi connectivity index (χ1n) is 10.3. The molecule has 1 aromatic heterocycles. The van der Waals surface area contributed by atoms with Gasteiger partial charge in [-0.1, -0.05) is 43.8 Å². The summed E-state index contributed by atoms with van der Waals surface area (Å²) in [5.74, 6) is 1.30. The molecule has 1 saturated heterocycles. The molecular formula is C21H29N5OS. The molecule has 1 unspecified atom stereocenters. The van der Waals surface area contributed by atoms with E-state index in [0.29, 0.717) is 6.04 Å². The highest BCUT2D eigenvalue weighted by molar-refractivity contribution is 8.00. The van der Waals surface area contributed by atoms with E-state index in [1.54, 1.807) is 16.7 Å². The minimum atomic E-state index is -0.196. The molecular weight excluding hydrogens is 370 g/mol. The molecule has 0 spiro atoms. The van der Waals surface area contributed by atoms with Crippen molar-refractivity contribution in [1.29, 1.82) is 0 Å². The van der Waals surface area contributed by atoms with E-state index in [2.05, 4.69) is 33.5 Å². The van der Waals surface area contributed by atoms with E-state index in [4.69, 9.17) is 0 Å². The Kier molecular flexibility index (Phi) is 5.62. The Hall–Kier alpha value is -2.02. The highest BCUT2D eigenvalue weighted by Gasteiger charge is 2.35. The maximum absolute atomic E-state index is 13.3. The fourth-order valence-electron chi connectivity index (χ4n) is 3.69. The summed E-state index contributed by atoms with van der Waals surface area (Å²) in [4.78, 5) is 17.4. The minimum absolute atomic E-state index is 0.110. The van der Waals surface area contributed by atoms with Crippen LogP contribution < -0.4 is 9.80 Å². The third kappa shape index (κ3) is 3.90. The van der Waals surface area contributed by atoms with Crippen molar-refractivity contribution in [2.24, 2.45) is 5.92 Å². The SMILES string of the molecule is CC(C)C(Sc1nnc(N2CCCC2)n1C1CC1)C(=O)N(C)c1ccccc1. The number of carbonyl (C=O) groups excluding carboxylic acids is 1. The van der Waals surface area contributed by atoms with E-state index in [1.165, 1.54) is 25.7 Å². The van der Waals surface area contributed by atoms with Crippen molar-refractivity contribution in [1.82, 2.24) is 14.8 Å². The number of para-hydroxylation sites is 1. The first-order chi connectivity index (χ1) is 13.6. The molecule has 1 amide bonds. The Balaban J connectivity index is 1.57. The van der Waals surface area contributed by atoms with Crippen molar-refractivity contribution in [3.05, 3.63) is 30.3 Å². The zero-order valence-electron chi connectivity index (χ0n) is 16.9. The molecule has 1 atom stereocenters. The van der Waals surface area contributed by atoms with Gasteiger partial charge in [-0.2, -0.15) is 0 Å². The van der Waals surface area contributed by atoms with Gasteiger partial charge >= 0.3 is 0 Å². The van der Waals surface area contributed by atoms with Crippen molar-refractivity contribution >= 4 is 29.3 Å². The second-order valence-electron chi connectivity index (χ2n) is 8.09. The van der Waals surface area contributed by atoms with E-state index in [1.807, 2.05) is 37.4 Å². The van der Waals surface area contributed by atoms with Crippen LogP contribution >= 0.6 is 11.8 Å². The van der Waals surface area contributed by atoms with E-state index in [0.717, 1.165) is 29.9 Å². The van der Waals surface area contributed by atoms with Crippen molar-refractivity contribution in [3.8, 4) is 0 Å². The molecule has 150 valence electrons. The van der Waals surface area contributed by atoms with E-state index in [-0.39, 0.29) is 17.1 Å². The quantitative estimate of drug-likeness (QED) is 0.659. The first kappa shape index (κ1) is 19.3. The van der Waals surface area contributed by atoms with Gasteiger partial charge in [0.15, 0.2) is 5.16 Å². The van der Waals surface area contributed by atoms with Gasteiger partial charge in [0, 0.05) is 31.9 Å². The number of hydrogen-bond donors (Lipinski definition) is 0. The summed E-state index contributed by atoms with van der Waals surface area (Å²) in [5, 5.41) is 9.74. The lowest BCUT2D eigenvalue weighted by Crippen LogP contribution is -2.37. The lowest BCUT2D eigenvalue weighted by molar-refractivity contribution is -0.118. The standard InChI is InChI=1S/C21H29N5OS/c1-15(2)18(19(27)24(3)16-9-5-4-6-10-16)28-21-23-22-20(25-13-7-8-14-25)26(21)17-11-12-17/h4-6,9-10,15,17-18H,7-8,11-14H2,1-3H3. The Bertz CT molecular complexity index is 811. The number of benzene rings is 1. The number of amides is 1. The normalized spacial score (nSPS) is 17.9. The molecule has 1 aliphatic carbocycles. The van der Waals surface area contributed by atoms with Crippen LogP contribution in [0.1, 0.15) is 45.6 Å². The molecule has 28 heavy (non-hydrogen) atoms. The molecule has 6 nitrogen and oxygen atoms in total. The number of carbonyl (C=O) groups is 1. The zero-order valence-corrected chi connectivity index (χ0v) is 17.7. The first-order valence-corrected chi connectivity index (χ1v) is 11.1. The van der Waals surface area contributed by atoms with Crippen LogP contribution in [-0.4, -0.2) is 46.1 Å². The summed E-state index contributed by atoms with van der Waals surface area (Å²) < 4.78 is 2.29. The third-order valence-corrected chi connectivity index (χ3v) is 6.99. The molecule has 0 radical (unpaired) electrons. The predicted octanol–water partition coefficient (Wildman–Crippen LogP) is 3.99. The van der Waals surface area contributed by atoms with Gasteiger partial charge in [0.2, 0.25) is 11.9 Å². The monoisotopic (exact) mass is 399 g/mol. The van der Waals surface area contributed by atoms with Crippen LogP contribution in [0.25, 0.3) is 0 Å². The van der Waals surface area contributed by atoms with Crippen LogP contribution in [0, 0.1) is 5.92 Å². The molecule has 4 rings (SSSR count). The van der Waals surface area contributed by atoms with Crippen LogP contribution in [0.5, 0.6) is 0 Å². The number of rotatable bonds is 7. The van der Waals surface area contributed by atoms with Gasteiger partial charge in [0.25, 0.3) is 0 Å². The van der Waals surface area contributed by atoms with Gasteiger partial charge in [-0.15, -0.1) is 10.2 Å². The number of aromatic nitrogens is 3. The zero-order chi connectivity index (χ0) is 19.7. The van der Waals surface area contributed by atoms with Crippen molar-refractivity contribution in [2.75, 3.05) is 29.9 Å². The van der Waals surface area contributed by atoms with E-state index >= 15 is 0 Å². The summed E-state index contributed by atoms with van der Waals surface area (Å²) in [6, 6.07) is 10.3. The smallest absolute Gasteiger partial charge is 0.240 e. The van der Waals surface area contributed by atoms with Crippen LogP contribution in [-0.2, 0) is 4.79 Å². The van der Waals surface area contributed by atoms with Gasteiger partial charge in [-0.3, -0.25) is 9.36 Å². The lowest BCUT2D eigenvalue weighted by atomic mass is 10.1. The second kappa shape index (κ2) is 8.15. The molecule has 1 aromatic carbocycles. The van der Waals surface area contributed by atoms with Gasteiger partial charge in [-0.05, 0) is 43.7 Å². The van der Waals surface area contributed by atoms with Crippen molar-refractivity contribution < 1.29 is 4.79 Å². The molecule has 2 aromatic rings. The molecule has 0 N–H and O–H groups in total. The molecule has 1 aliphatic heterocycles. The van der Waals surface area contributed by atoms with Gasteiger partial charge in [-0.25, -0.2) is 0 Å². The Morgan fingerprint density at radius 3 is 2.43 bits per heavy atom. The van der Waals surface area contributed by atoms with Crippen LogP contribution in [0.3, 0.4) is 0 Å². The summed E-state index contributed by atoms with van der Waals surface area (Å²) in [5.41, 5.74) is 0.917. The molecule has 2 heterocycles. The predicted molar refractivity (Wildman–Crippen MR) is 114 cm³/mol. The Morgan fingerprint density at radius 2 is 1.82 bits per heavy atom. The fraction of sp³-hybridized carbons (Fsp3) is 0.571. The summed E-state index contributed by atoms with van der Waals surface area (Å²) in [6.07, 6.45) is 4.79. The average molecular weight is 400 g/mol. The second-order valence-corrected chi connectivity index (χ2v) is 9.20. The molecule has 0 bridgehead atoms. The minimum Gasteiger partial charge on any atom is -0.341 e. The molecule has 7 heteroatoms. The Morgan fingerprint density at radius 1 is 1.14 bits per heavy atom. The van der Waals surface area contributed by atoms with Crippen molar-refractivity contribution in [3.63, 3.8) is 0 Å². The number of nitrogens with zero attached hydrogens (tertiary/aromatic N) is 5. The van der Waals surface area contributed by atoms with Gasteiger partial charge in [0.1, 0.15) is 0 Å². The third-order valence-electron chi connectivity index (χ3n) is 5.50. The van der Waals surface area contributed by atoms with Gasteiger partial charge in [0.05, 0.1) is 5.25 Å². The lowest BCUT2D eigenvalue weighted by Gasteiger charge is -2.26. The summed E-state index contributed by atoms with van der Waals surface area (Å²) in [7, 11) is 1.86. The van der Waals surface area contributed by atoms with Gasteiger partial charge < -0.3 is 9.80 Å².